The van der Waals surface area contributed by atoms with Crippen LogP contribution in [0.4, 0.5) is 5.69 Å². The van der Waals surface area contributed by atoms with Crippen LogP contribution >= 0.6 is 0 Å². The monoisotopic (exact) mass is 216 g/mol. The first-order chi connectivity index (χ1) is 7.84. The average Bonchev–Trinajstić information content (AvgIpc) is 3.04. The van der Waals surface area contributed by atoms with Crippen molar-refractivity contribution in [3.63, 3.8) is 0 Å². The molecule has 0 aromatic heterocycles. The van der Waals surface area contributed by atoms with Crippen molar-refractivity contribution in [2.45, 2.75) is 0 Å². The van der Waals surface area contributed by atoms with Crippen molar-refractivity contribution in [1.29, 1.82) is 5.26 Å². The Kier molecular flexibility index (Phi) is 2.10. The van der Waals surface area contributed by atoms with E-state index in [1.54, 1.807) is 0 Å². The largest absolute Gasteiger partial charge is 0.370 e. The van der Waals surface area contributed by atoms with Gasteiger partial charge in [-0.1, -0.05) is 0 Å². The number of benzene rings is 1. The lowest BCUT2D eigenvalue weighted by molar-refractivity contribution is -0.815. The van der Waals surface area contributed by atoms with Crippen molar-refractivity contribution < 1.29 is 9.33 Å². The third-order valence-corrected chi connectivity index (χ3v) is 3.42. The van der Waals surface area contributed by atoms with Gasteiger partial charge in [-0.2, -0.15) is 14.9 Å². The number of nitrogens with zero attached hydrogens (tertiary/aromatic N) is 3. The van der Waals surface area contributed by atoms with Crippen LogP contribution in [0.2, 0.25) is 0 Å². The van der Waals surface area contributed by atoms with Gasteiger partial charge in [0, 0.05) is 0 Å². The molecular formula is C12H14N3O+. The van der Waals surface area contributed by atoms with Crippen LogP contribution in [-0.4, -0.2) is 37.6 Å². The number of rotatable bonds is 1. The van der Waals surface area contributed by atoms with Gasteiger partial charge >= 0.3 is 0 Å². The maximum Gasteiger partial charge on any atom is 0.220 e. The molecule has 0 amide bonds. The van der Waals surface area contributed by atoms with Crippen LogP contribution in [0.15, 0.2) is 24.3 Å². The minimum absolute atomic E-state index is 0.721. The minimum Gasteiger partial charge on any atom is -0.370 e. The normalized spacial score (nSPS) is 21.8. The molecule has 82 valence electrons. The molecule has 2 saturated heterocycles. The number of hydrogen-bond acceptors (Lipinski definition) is 3. The maximum atomic E-state index is 8.74. The third-order valence-electron chi connectivity index (χ3n) is 3.42. The van der Waals surface area contributed by atoms with E-state index in [1.807, 2.05) is 24.3 Å². The average molecular weight is 216 g/mol. The summed E-state index contributed by atoms with van der Waals surface area (Å²) in [5.74, 6) is 0. The fraction of sp³-hybridized carbons (Fsp3) is 0.417. The van der Waals surface area contributed by atoms with Crippen molar-refractivity contribution in [1.82, 2.24) is 0 Å². The Morgan fingerprint density at radius 3 is 2.50 bits per heavy atom. The van der Waals surface area contributed by atoms with Gasteiger partial charge in [0.25, 0.3) is 0 Å². The molecule has 2 heterocycles. The maximum absolute atomic E-state index is 8.74. The first-order valence-corrected chi connectivity index (χ1v) is 5.56. The second-order valence-corrected chi connectivity index (χ2v) is 4.35. The van der Waals surface area contributed by atoms with Gasteiger partial charge in [0.1, 0.15) is 13.1 Å². The molecule has 0 radical (unpaired) electrons. The van der Waals surface area contributed by atoms with Crippen LogP contribution in [0, 0.1) is 11.3 Å². The van der Waals surface area contributed by atoms with Crippen LogP contribution in [-0.2, 0) is 4.74 Å². The molecule has 1 spiro atoms. The Morgan fingerprint density at radius 1 is 1.19 bits per heavy atom. The Balaban J connectivity index is 1.77. The molecule has 0 aliphatic carbocycles. The fourth-order valence-corrected chi connectivity index (χ4v) is 2.32. The smallest absolute Gasteiger partial charge is 0.220 e. The van der Waals surface area contributed by atoms with Gasteiger partial charge < -0.3 is 4.74 Å². The lowest BCUT2D eigenvalue weighted by Crippen LogP contribution is -2.42. The van der Waals surface area contributed by atoms with Crippen molar-refractivity contribution >= 4 is 5.69 Å². The predicted octanol–water partition coefficient (Wildman–Crippen LogP) is 1.10. The van der Waals surface area contributed by atoms with E-state index in [2.05, 4.69) is 11.1 Å². The fourth-order valence-electron chi connectivity index (χ4n) is 2.32. The number of hydrogen-bond donors (Lipinski definition) is 0. The predicted molar refractivity (Wildman–Crippen MR) is 59.3 cm³/mol. The lowest BCUT2D eigenvalue weighted by Gasteiger charge is -2.23. The molecule has 2 aliphatic rings. The molecule has 1 aromatic carbocycles. The van der Waals surface area contributed by atoms with E-state index in [0.717, 1.165) is 43.1 Å². The lowest BCUT2D eigenvalue weighted by atomic mass is 10.2. The summed E-state index contributed by atoms with van der Waals surface area (Å²) in [5.41, 5.74) is 1.93. The van der Waals surface area contributed by atoms with E-state index < -0.39 is 0 Å². The highest BCUT2D eigenvalue weighted by Gasteiger charge is 2.54. The van der Waals surface area contributed by atoms with E-state index >= 15 is 0 Å². The number of quaternary nitrogens is 1. The minimum atomic E-state index is 0.721. The molecule has 2 aliphatic heterocycles. The highest BCUT2D eigenvalue weighted by molar-refractivity contribution is 5.49. The van der Waals surface area contributed by atoms with Crippen LogP contribution in [0.5, 0.6) is 0 Å². The molecule has 0 bridgehead atoms. The summed E-state index contributed by atoms with van der Waals surface area (Å²) in [5, 5.41) is 11.1. The van der Waals surface area contributed by atoms with Crippen molar-refractivity contribution in [2.75, 3.05) is 38.0 Å². The summed E-state index contributed by atoms with van der Waals surface area (Å²) >= 11 is 0. The number of anilines is 1. The van der Waals surface area contributed by atoms with E-state index in [-0.39, 0.29) is 0 Å². The van der Waals surface area contributed by atoms with E-state index in [0.29, 0.717) is 0 Å². The zero-order valence-electron chi connectivity index (χ0n) is 9.09. The third kappa shape index (κ3) is 1.45. The molecule has 3 rings (SSSR count). The van der Waals surface area contributed by atoms with E-state index in [1.165, 1.54) is 5.69 Å². The van der Waals surface area contributed by atoms with Crippen LogP contribution < -0.4 is 5.01 Å². The number of ether oxygens (including phenoxy) is 1. The molecule has 0 unspecified atom stereocenters. The molecule has 1 aromatic rings. The van der Waals surface area contributed by atoms with Crippen LogP contribution in [0.1, 0.15) is 5.56 Å². The van der Waals surface area contributed by atoms with Crippen LogP contribution in [0.3, 0.4) is 0 Å². The molecular weight excluding hydrogens is 202 g/mol. The molecule has 0 atom stereocenters. The SMILES string of the molecule is N#Cc1ccc(N2C[N+]23CCOCC3)cc1. The standard InChI is InChI=1S/C12H14N3O/c13-9-11-1-3-12(4-2-11)14-10-15(14)5-7-16-8-6-15/h1-4H,5-8,10H2/q+1. The summed E-state index contributed by atoms with van der Waals surface area (Å²) in [7, 11) is 0. The first kappa shape index (κ1) is 9.64. The Labute approximate surface area is 94.8 Å². The Morgan fingerprint density at radius 2 is 1.88 bits per heavy atom. The Hall–Kier alpha value is -1.57. The first-order valence-electron chi connectivity index (χ1n) is 5.56. The van der Waals surface area contributed by atoms with Crippen molar-refractivity contribution in [3.05, 3.63) is 29.8 Å². The highest BCUT2D eigenvalue weighted by atomic mass is 16.5. The summed E-state index contributed by atoms with van der Waals surface area (Å²) < 4.78 is 6.41. The molecule has 16 heavy (non-hydrogen) atoms. The van der Waals surface area contributed by atoms with Gasteiger partial charge in [-0.15, -0.1) is 0 Å². The van der Waals surface area contributed by atoms with Crippen molar-refractivity contribution in [2.24, 2.45) is 0 Å². The zero-order valence-corrected chi connectivity index (χ0v) is 9.09. The molecule has 0 N–H and O–H groups in total. The van der Waals surface area contributed by atoms with Crippen molar-refractivity contribution in [3.8, 4) is 6.07 Å². The summed E-state index contributed by atoms with van der Waals surface area (Å²) in [6.07, 6.45) is 0. The van der Waals surface area contributed by atoms with Gasteiger partial charge in [0.05, 0.1) is 30.5 Å². The van der Waals surface area contributed by atoms with Gasteiger partial charge in [-0.25, -0.2) is 0 Å². The number of nitriles is 1. The molecule has 2 fully saturated rings. The second-order valence-electron chi connectivity index (χ2n) is 4.35. The van der Waals surface area contributed by atoms with Gasteiger partial charge in [0.15, 0.2) is 0 Å². The van der Waals surface area contributed by atoms with E-state index in [4.69, 9.17) is 10.00 Å². The summed E-state index contributed by atoms with van der Waals surface area (Å²) in [6.45, 7) is 4.93. The van der Waals surface area contributed by atoms with Gasteiger partial charge in [-0.05, 0) is 24.3 Å². The topological polar surface area (TPSA) is 36.0 Å². The van der Waals surface area contributed by atoms with Gasteiger partial charge in [-0.3, -0.25) is 0 Å². The number of morpholine rings is 1. The summed E-state index contributed by atoms with van der Waals surface area (Å²) in [4.78, 5) is 0. The highest BCUT2D eigenvalue weighted by Crippen LogP contribution is 2.36. The Bertz CT molecular complexity index is 429. The van der Waals surface area contributed by atoms with Gasteiger partial charge in [0.2, 0.25) is 6.67 Å². The zero-order chi connectivity index (χ0) is 11.0. The summed E-state index contributed by atoms with van der Waals surface area (Å²) in [6, 6.07) is 9.96. The molecule has 4 nitrogen and oxygen atoms in total. The molecule has 4 heteroatoms. The van der Waals surface area contributed by atoms with Crippen LogP contribution in [0.25, 0.3) is 0 Å². The molecule has 0 saturated carbocycles. The quantitative estimate of drug-likeness (QED) is 0.521. The second kappa shape index (κ2) is 3.48. The van der Waals surface area contributed by atoms with E-state index in [9.17, 15) is 0 Å².